The Balaban J connectivity index is 2.55. The molecule has 3 amide bonds. The summed E-state index contributed by atoms with van der Waals surface area (Å²) in [6, 6.07) is -1.01. The summed E-state index contributed by atoms with van der Waals surface area (Å²) in [6.45, 7) is 7.94. The SMILES string of the molecule is CC(NC(=O)NC(C)(C)C(C)(C)C(=O)O)C(=O)NC1CC1. The Morgan fingerprint density at radius 2 is 1.67 bits per heavy atom. The monoisotopic (exact) mass is 299 g/mol. The number of carboxylic acids is 1. The van der Waals surface area contributed by atoms with Gasteiger partial charge >= 0.3 is 12.0 Å². The lowest BCUT2D eigenvalue weighted by Gasteiger charge is -2.38. The standard InChI is InChI=1S/C14H25N3O4/c1-8(10(18)16-9-6-7-9)15-12(21)17-14(4,5)13(2,3)11(19)20/h8-9H,6-7H2,1-5H3,(H,16,18)(H,19,20)(H2,15,17,21). The Morgan fingerprint density at radius 1 is 1.14 bits per heavy atom. The van der Waals surface area contributed by atoms with Crippen LogP contribution >= 0.6 is 0 Å². The summed E-state index contributed by atoms with van der Waals surface area (Å²) in [5.74, 6) is -1.24. The van der Waals surface area contributed by atoms with Crippen molar-refractivity contribution in [3.63, 3.8) is 0 Å². The van der Waals surface area contributed by atoms with Gasteiger partial charge < -0.3 is 21.1 Å². The van der Waals surface area contributed by atoms with Crippen LogP contribution in [0.1, 0.15) is 47.5 Å². The molecule has 1 rings (SSSR count). The van der Waals surface area contributed by atoms with Crippen molar-refractivity contribution in [2.24, 2.45) is 5.41 Å². The van der Waals surface area contributed by atoms with Gasteiger partial charge in [-0.15, -0.1) is 0 Å². The molecule has 4 N–H and O–H groups in total. The van der Waals surface area contributed by atoms with E-state index in [9.17, 15) is 19.5 Å². The Labute approximate surface area is 124 Å². The van der Waals surface area contributed by atoms with Crippen molar-refractivity contribution in [1.29, 1.82) is 0 Å². The summed E-state index contributed by atoms with van der Waals surface area (Å²) >= 11 is 0. The lowest BCUT2D eigenvalue weighted by atomic mass is 9.74. The molecule has 1 aliphatic carbocycles. The van der Waals surface area contributed by atoms with E-state index in [1.54, 1.807) is 34.6 Å². The second-order valence-electron chi connectivity index (χ2n) is 6.66. The maximum atomic E-state index is 11.9. The maximum absolute atomic E-state index is 11.9. The number of hydrogen-bond acceptors (Lipinski definition) is 3. The lowest BCUT2D eigenvalue weighted by molar-refractivity contribution is -0.150. The molecule has 0 heterocycles. The Kier molecular flexibility index (Phi) is 4.86. The number of aliphatic carboxylic acids is 1. The van der Waals surface area contributed by atoms with Gasteiger partial charge in [-0.25, -0.2) is 4.79 Å². The maximum Gasteiger partial charge on any atom is 0.315 e. The topological polar surface area (TPSA) is 108 Å². The second kappa shape index (κ2) is 5.91. The predicted molar refractivity (Wildman–Crippen MR) is 77.8 cm³/mol. The van der Waals surface area contributed by atoms with Crippen molar-refractivity contribution in [3.8, 4) is 0 Å². The van der Waals surface area contributed by atoms with E-state index in [1.165, 1.54) is 0 Å². The summed E-state index contributed by atoms with van der Waals surface area (Å²) in [6.07, 6.45) is 1.95. The number of urea groups is 1. The van der Waals surface area contributed by atoms with Crippen molar-refractivity contribution in [3.05, 3.63) is 0 Å². The summed E-state index contributed by atoms with van der Waals surface area (Å²) in [7, 11) is 0. The average Bonchev–Trinajstić information content (AvgIpc) is 3.11. The van der Waals surface area contributed by atoms with E-state index >= 15 is 0 Å². The van der Waals surface area contributed by atoms with Crippen LogP contribution < -0.4 is 16.0 Å². The van der Waals surface area contributed by atoms with Crippen molar-refractivity contribution >= 4 is 17.9 Å². The fourth-order valence-electron chi connectivity index (χ4n) is 1.56. The lowest BCUT2D eigenvalue weighted by Crippen LogP contribution is -2.60. The minimum Gasteiger partial charge on any atom is -0.481 e. The van der Waals surface area contributed by atoms with Crippen LogP contribution in [0.4, 0.5) is 4.79 Å². The zero-order valence-corrected chi connectivity index (χ0v) is 13.2. The van der Waals surface area contributed by atoms with Crippen LogP contribution in [-0.4, -0.2) is 40.6 Å². The first-order valence-corrected chi connectivity index (χ1v) is 7.10. The smallest absolute Gasteiger partial charge is 0.315 e. The van der Waals surface area contributed by atoms with Gasteiger partial charge in [0.1, 0.15) is 6.04 Å². The van der Waals surface area contributed by atoms with Crippen LogP contribution in [0.25, 0.3) is 0 Å². The van der Waals surface area contributed by atoms with Gasteiger partial charge in [-0.1, -0.05) is 0 Å². The first kappa shape index (κ1) is 17.3. The minimum absolute atomic E-state index is 0.229. The van der Waals surface area contributed by atoms with Gasteiger partial charge in [-0.05, 0) is 47.5 Å². The molecule has 0 aromatic rings. The summed E-state index contributed by atoms with van der Waals surface area (Å²) in [5, 5.41) is 17.2. The molecule has 1 saturated carbocycles. The van der Waals surface area contributed by atoms with E-state index in [0.717, 1.165) is 12.8 Å². The molecular formula is C14H25N3O4. The van der Waals surface area contributed by atoms with Crippen LogP contribution in [0.3, 0.4) is 0 Å². The molecule has 7 heteroatoms. The molecule has 0 bridgehead atoms. The largest absolute Gasteiger partial charge is 0.481 e. The van der Waals surface area contributed by atoms with Gasteiger partial charge in [0.25, 0.3) is 0 Å². The second-order valence-corrected chi connectivity index (χ2v) is 6.66. The highest BCUT2D eigenvalue weighted by Gasteiger charge is 2.44. The molecular weight excluding hydrogens is 274 g/mol. The fourth-order valence-corrected chi connectivity index (χ4v) is 1.56. The van der Waals surface area contributed by atoms with Crippen LogP contribution in [0.5, 0.6) is 0 Å². The number of carbonyl (C=O) groups is 3. The first-order valence-electron chi connectivity index (χ1n) is 7.10. The highest BCUT2D eigenvalue weighted by atomic mass is 16.4. The van der Waals surface area contributed by atoms with E-state index in [1.807, 2.05) is 0 Å². The Hall–Kier alpha value is -1.79. The van der Waals surface area contributed by atoms with Gasteiger partial charge in [-0.2, -0.15) is 0 Å². The number of hydrogen-bond donors (Lipinski definition) is 4. The number of amides is 3. The highest BCUT2D eigenvalue weighted by Crippen LogP contribution is 2.30. The summed E-state index contributed by atoms with van der Waals surface area (Å²) in [5.41, 5.74) is -2.13. The van der Waals surface area contributed by atoms with Crippen LogP contribution in [0, 0.1) is 5.41 Å². The number of carboxylic acid groups (broad SMARTS) is 1. The van der Waals surface area contributed by atoms with Gasteiger partial charge in [0.2, 0.25) is 5.91 Å². The molecule has 0 radical (unpaired) electrons. The quantitative estimate of drug-likeness (QED) is 0.583. The van der Waals surface area contributed by atoms with Gasteiger partial charge in [-0.3, -0.25) is 9.59 Å². The molecule has 0 aromatic heterocycles. The molecule has 1 atom stereocenters. The molecule has 0 aliphatic heterocycles. The normalized spacial score (nSPS) is 16.8. The van der Waals surface area contributed by atoms with Crippen LogP contribution in [-0.2, 0) is 9.59 Å². The molecule has 0 spiro atoms. The van der Waals surface area contributed by atoms with Crippen molar-refractivity contribution < 1.29 is 19.5 Å². The van der Waals surface area contributed by atoms with Crippen LogP contribution in [0.15, 0.2) is 0 Å². The van der Waals surface area contributed by atoms with E-state index in [0.29, 0.717) is 0 Å². The van der Waals surface area contributed by atoms with E-state index in [2.05, 4.69) is 16.0 Å². The number of nitrogens with one attached hydrogen (secondary N) is 3. The molecule has 0 saturated heterocycles. The third-order valence-electron chi connectivity index (χ3n) is 4.19. The van der Waals surface area contributed by atoms with E-state index < -0.39 is 29.0 Å². The highest BCUT2D eigenvalue weighted by molar-refractivity contribution is 5.87. The van der Waals surface area contributed by atoms with Gasteiger partial charge in [0.15, 0.2) is 0 Å². The molecule has 1 aliphatic rings. The molecule has 1 fully saturated rings. The molecule has 21 heavy (non-hydrogen) atoms. The predicted octanol–water partition coefficient (Wildman–Crippen LogP) is 0.842. The van der Waals surface area contributed by atoms with Crippen molar-refractivity contribution in [2.45, 2.75) is 65.1 Å². The zero-order chi connectivity index (χ0) is 16.4. The summed E-state index contributed by atoms with van der Waals surface area (Å²) in [4.78, 5) is 35.0. The Bertz CT molecular complexity index is 442. The fraction of sp³-hybridized carbons (Fsp3) is 0.786. The molecule has 1 unspecified atom stereocenters. The van der Waals surface area contributed by atoms with Crippen LogP contribution in [0.2, 0.25) is 0 Å². The molecule has 0 aromatic carbocycles. The third kappa shape index (κ3) is 4.34. The Morgan fingerprint density at radius 3 is 2.10 bits per heavy atom. The molecule has 7 nitrogen and oxygen atoms in total. The van der Waals surface area contributed by atoms with Gasteiger partial charge in [0, 0.05) is 6.04 Å². The van der Waals surface area contributed by atoms with E-state index in [-0.39, 0.29) is 11.9 Å². The number of carbonyl (C=O) groups excluding carboxylic acids is 2. The van der Waals surface area contributed by atoms with Crippen molar-refractivity contribution in [2.75, 3.05) is 0 Å². The van der Waals surface area contributed by atoms with Gasteiger partial charge in [0.05, 0.1) is 11.0 Å². The third-order valence-corrected chi connectivity index (χ3v) is 4.19. The summed E-state index contributed by atoms with van der Waals surface area (Å²) < 4.78 is 0. The minimum atomic E-state index is -1.15. The first-order chi connectivity index (χ1) is 9.47. The molecule has 120 valence electrons. The van der Waals surface area contributed by atoms with Crippen molar-refractivity contribution in [1.82, 2.24) is 16.0 Å². The average molecular weight is 299 g/mol. The number of rotatable bonds is 6. The van der Waals surface area contributed by atoms with E-state index in [4.69, 9.17) is 0 Å². The zero-order valence-electron chi connectivity index (χ0n) is 13.2.